The van der Waals surface area contributed by atoms with E-state index in [9.17, 15) is 48.9 Å². The van der Waals surface area contributed by atoms with Crippen molar-refractivity contribution in [3.63, 3.8) is 0 Å². The number of nitrogens with one attached hydrogen (secondary N) is 8. The highest BCUT2D eigenvalue weighted by atomic mass is 33.1. The number of carbonyl (C=O) groups excluding carboxylic acids is 7. The summed E-state index contributed by atoms with van der Waals surface area (Å²) in [7, 11) is 2.06. The quantitative estimate of drug-likeness (QED) is 0.0463. The Morgan fingerprint density at radius 2 is 1.22 bits per heavy atom. The van der Waals surface area contributed by atoms with Crippen LogP contribution in [0, 0.1) is 0 Å². The number of hydrogen-bond acceptors (Lipinski definition) is 16. The van der Waals surface area contributed by atoms with Gasteiger partial charge in [-0.2, -0.15) is 0 Å². The number of hydrogen-bond donors (Lipinski definition) is 15. The lowest BCUT2D eigenvalue weighted by Gasteiger charge is -2.29. The van der Waals surface area contributed by atoms with Gasteiger partial charge in [-0.25, -0.2) is 0 Å². The number of benzene rings is 3. The van der Waals surface area contributed by atoms with Crippen molar-refractivity contribution in [3.8, 4) is 0 Å². The van der Waals surface area contributed by atoms with E-state index < -0.39 is 120 Å². The summed E-state index contributed by atoms with van der Waals surface area (Å²) in [6, 6.07) is 14.6. The fourth-order valence-electron chi connectivity index (χ4n) is 7.73. The van der Waals surface area contributed by atoms with Gasteiger partial charge in [0.1, 0.15) is 36.3 Å². The number of rotatable bonds is 17. The van der Waals surface area contributed by atoms with Crippen LogP contribution in [0.5, 0.6) is 0 Å². The van der Waals surface area contributed by atoms with Crippen LogP contribution >= 0.6 is 21.6 Å². The van der Waals surface area contributed by atoms with Gasteiger partial charge in [0.15, 0.2) is 0 Å². The van der Waals surface area contributed by atoms with Crippen molar-refractivity contribution in [3.05, 3.63) is 108 Å². The number of carboxylic acids is 2. The second-order valence-electron chi connectivity index (χ2n) is 18.5. The summed E-state index contributed by atoms with van der Waals surface area (Å²) >= 11 is 0. The largest absolute Gasteiger partial charge is 0.481 e. The standard InChI is InChI=1S/C49H66N10O10S2.2C2H4O2/c1-28(61)39(25-60)56-48(68)41-27-71-70-26-40(57-43(63)34(51)21-30-13-5-3-6-14-30)47(67)54-37(22-31-15-7-4-8-16-31)45(65)55-38(23-32-24-52-35-18-10-9-17-33(32)35)46(66)53-36(19-11-12-20-50)44(64)59-42(29(2)62)49(69)58-41;2*1-2(3)4/h3-10,13-18,24,28-29,34,36-42,52,60-62H,11-12,19-23,25-27,50-51H2,1-2H3,(H,53,66)(H,54,67)(H,55,65)(H,56,68)(H,57,63)(H,58,69)(H,59,64);2*1H3,(H,3,4)/t28-,29?,34?,36?,37?,38?,39-,40?,41?,42?;;/m1../s1. The number of aliphatic carboxylic acids is 2. The fraction of sp³-hybridized carbons (Fsp3) is 0.453. The summed E-state index contributed by atoms with van der Waals surface area (Å²) in [6.07, 6.45) is -0.156. The van der Waals surface area contributed by atoms with Crippen molar-refractivity contribution < 1.29 is 68.7 Å². The van der Waals surface area contributed by atoms with E-state index in [1.165, 1.54) is 13.8 Å². The molecule has 24 nitrogen and oxygen atoms in total. The maximum atomic E-state index is 14.7. The average molecular weight is 1140 g/mol. The van der Waals surface area contributed by atoms with Gasteiger partial charge in [-0.15, -0.1) is 0 Å². The first-order valence-corrected chi connectivity index (χ1v) is 27.8. The van der Waals surface area contributed by atoms with Crippen LogP contribution in [-0.4, -0.2) is 169 Å². The second-order valence-corrected chi connectivity index (χ2v) is 21.1. The molecule has 8 unspecified atom stereocenters. The molecule has 79 heavy (non-hydrogen) atoms. The minimum Gasteiger partial charge on any atom is -0.481 e. The molecule has 5 rings (SSSR count). The first kappa shape index (κ1) is 66.2. The molecule has 0 spiro atoms. The molecule has 17 N–H and O–H groups in total. The van der Waals surface area contributed by atoms with Crippen molar-refractivity contribution in [2.24, 2.45) is 11.5 Å². The number of H-pyrrole nitrogens is 1. The van der Waals surface area contributed by atoms with Crippen LogP contribution in [0.15, 0.2) is 91.1 Å². The Bertz CT molecular complexity index is 2590. The number of unbranched alkanes of at least 4 members (excludes halogenated alkanes) is 1. The zero-order valence-electron chi connectivity index (χ0n) is 44.4. The summed E-state index contributed by atoms with van der Waals surface area (Å²) in [5, 5.41) is 65.3. The highest BCUT2D eigenvalue weighted by molar-refractivity contribution is 8.76. The maximum Gasteiger partial charge on any atom is 0.300 e. The zero-order chi connectivity index (χ0) is 58.6. The van der Waals surface area contributed by atoms with Crippen LogP contribution in [0.4, 0.5) is 0 Å². The average Bonchev–Trinajstić information content (AvgIpc) is 3.83. The number of aliphatic hydroxyl groups excluding tert-OH is 3. The van der Waals surface area contributed by atoms with Gasteiger partial charge in [-0.1, -0.05) is 100 Å². The van der Waals surface area contributed by atoms with Crippen LogP contribution in [0.1, 0.15) is 63.6 Å². The smallest absolute Gasteiger partial charge is 0.300 e. The number of carboxylic acid groups (broad SMARTS) is 2. The van der Waals surface area contributed by atoms with E-state index in [0.29, 0.717) is 24.0 Å². The van der Waals surface area contributed by atoms with E-state index in [-0.39, 0.29) is 43.7 Å². The third-order valence-corrected chi connectivity index (χ3v) is 14.3. The predicted molar refractivity (Wildman–Crippen MR) is 299 cm³/mol. The Hall–Kier alpha value is -7.07. The number of nitrogens with two attached hydrogens (primary N) is 2. The van der Waals surface area contributed by atoms with Gasteiger partial charge in [-0.05, 0) is 68.8 Å². The first-order chi connectivity index (χ1) is 37.5. The number of aromatic amines is 1. The maximum absolute atomic E-state index is 14.7. The van der Waals surface area contributed by atoms with E-state index in [1.54, 1.807) is 60.8 Å². The van der Waals surface area contributed by atoms with Gasteiger partial charge in [0.25, 0.3) is 11.9 Å². The Morgan fingerprint density at radius 1 is 0.684 bits per heavy atom. The number of fused-ring (bicyclic) bond motifs is 1. The number of para-hydroxylation sites is 1. The molecule has 0 saturated carbocycles. The summed E-state index contributed by atoms with van der Waals surface area (Å²) in [4.78, 5) is 121. The van der Waals surface area contributed by atoms with Gasteiger partial charge in [-0.3, -0.25) is 43.2 Å². The predicted octanol–water partition coefficient (Wildman–Crippen LogP) is -0.624. The number of aliphatic hydroxyl groups is 3. The topological polar surface area (TPSA) is 407 Å². The zero-order valence-corrected chi connectivity index (χ0v) is 46.0. The van der Waals surface area contributed by atoms with E-state index in [1.807, 2.05) is 30.3 Å². The Morgan fingerprint density at radius 3 is 1.80 bits per heavy atom. The molecule has 1 fully saturated rings. The van der Waals surface area contributed by atoms with E-state index >= 15 is 0 Å². The number of aromatic nitrogens is 1. The lowest BCUT2D eigenvalue weighted by Crippen LogP contribution is -2.62. The minimum absolute atomic E-state index is 0.0340. The molecule has 1 aliphatic rings. The summed E-state index contributed by atoms with van der Waals surface area (Å²) in [5.74, 6) is -7.68. The molecular weight excluding hydrogens is 1060 g/mol. The Balaban J connectivity index is 0.00000191. The highest BCUT2D eigenvalue weighted by Gasteiger charge is 2.36. The SMILES string of the molecule is CC(=O)O.CC(=O)O.CC(O)C1NC(=O)C(CCCCN)NC(=O)C(Cc2c[nH]c3ccccc23)NC(=O)C(Cc2ccccc2)NC(=O)C(NC(=O)C(N)Cc2ccccc2)CSSCC(C(=O)N[C@H](CO)[C@@H](C)O)NC1=O. The third-order valence-electron chi connectivity index (χ3n) is 11.9. The third kappa shape index (κ3) is 23.8. The molecule has 26 heteroatoms. The molecule has 0 radical (unpaired) electrons. The summed E-state index contributed by atoms with van der Waals surface area (Å²) < 4.78 is 0. The monoisotopic (exact) mass is 1140 g/mol. The van der Waals surface area contributed by atoms with E-state index in [0.717, 1.165) is 51.9 Å². The molecule has 1 aromatic heterocycles. The van der Waals surface area contributed by atoms with Crippen LogP contribution < -0.4 is 48.7 Å². The second kappa shape index (κ2) is 34.7. The Kier molecular flexibility index (Phi) is 29.1. The highest BCUT2D eigenvalue weighted by Crippen LogP contribution is 2.24. The van der Waals surface area contributed by atoms with E-state index in [4.69, 9.17) is 31.3 Å². The van der Waals surface area contributed by atoms with Crippen molar-refractivity contribution in [1.82, 2.24) is 42.2 Å². The van der Waals surface area contributed by atoms with Gasteiger partial charge in [0, 0.05) is 55.3 Å². The van der Waals surface area contributed by atoms with Gasteiger partial charge >= 0.3 is 0 Å². The first-order valence-electron chi connectivity index (χ1n) is 25.4. The van der Waals surface area contributed by atoms with Gasteiger partial charge in [0.05, 0.1) is 30.9 Å². The molecule has 0 aliphatic carbocycles. The van der Waals surface area contributed by atoms with E-state index in [2.05, 4.69) is 42.2 Å². The minimum atomic E-state index is -1.66. The van der Waals surface area contributed by atoms with Crippen molar-refractivity contribution >= 4 is 85.8 Å². The van der Waals surface area contributed by atoms with Crippen LogP contribution in [-0.2, 0) is 62.4 Å². The molecule has 1 aliphatic heterocycles. The van der Waals surface area contributed by atoms with Crippen molar-refractivity contribution in [2.75, 3.05) is 24.7 Å². The number of amides is 7. The summed E-state index contributed by atoms with van der Waals surface area (Å²) in [6.45, 7) is 4.39. The molecule has 3 aromatic carbocycles. The molecule has 4 aromatic rings. The molecule has 7 amide bonds. The molecular formula is C53H74N10O14S2. The van der Waals surface area contributed by atoms with Gasteiger partial charge < -0.3 is 79.2 Å². The van der Waals surface area contributed by atoms with Gasteiger partial charge in [0.2, 0.25) is 41.4 Å². The lowest BCUT2D eigenvalue weighted by atomic mass is 10.0. The molecule has 2 heterocycles. The molecule has 432 valence electrons. The molecule has 1 saturated heterocycles. The lowest BCUT2D eigenvalue weighted by molar-refractivity contribution is -0.136. The summed E-state index contributed by atoms with van der Waals surface area (Å²) in [5.41, 5.74) is 15.0. The Labute approximate surface area is 465 Å². The van der Waals surface area contributed by atoms with Crippen LogP contribution in [0.3, 0.4) is 0 Å². The fourth-order valence-corrected chi connectivity index (χ4v) is 10.1. The van der Waals surface area contributed by atoms with Crippen molar-refractivity contribution in [1.29, 1.82) is 0 Å². The molecule has 10 atom stereocenters. The van der Waals surface area contributed by atoms with Crippen LogP contribution in [0.2, 0.25) is 0 Å². The number of carbonyl (C=O) groups is 9. The normalized spacial score (nSPS) is 21.2. The van der Waals surface area contributed by atoms with Crippen molar-refractivity contribution in [2.45, 2.75) is 127 Å². The van der Waals surface area contributed by atoms with Crippen LogP contribution in [0.25, 0.3) is 10.9 Å². The molecule has 0 bridgehead atoms.